The van der Waals surface area contributed by atoms with Gasteiger partial charge in [0.2, 0.25) is 0 Å². The van der Waals surface area contributed by atoms with E-state index in [4.69, 9.17) is 19.7 Å². The molecule has 12 nitrogen and oxygen atoms in total. The number of unbranched alkanes of at least 4 members (excludes halogenated alkanes) is 22. The van der Waals surface area contributed by atoms with Crippen LogP contribution in [0.15, 0.2) is 36.4 Å². The zero-order valence-corrected chi connectivity index (χ0v) is 41.3. The highest BCUT2D eigenvalue weighted by atomic mass is 16.5. The first kappa shape index (κ1) is 59.3. The molecule has 0 spiro atoms. The van der Waals surface area contributed by atoms with Crippen LogP contribution in [-0.4, -0.2) is 72.2 Å². The summed E-state index contributed by atoms with van der Waals surface area (Å²) in [6.45, 7) is 9.79. The molecular weight excluding hydrogens is 837 g/mol. The van der Waals surface area contributed by atoms with Crippen LogP contribution in [0.4, 0.5) is 0 Å². The molecule has 0 aliphatic heterocycles. The van der Waals surface area contributed by atoms with Crippen LogP contribution in [0, 0.1) is 0 Å². The van der Waals surface area contributed by atoms with Gasteiger partial charge in [-0.15, -0.1) is 0 Å². The maximum atomic E-state index is 12.6. The standard InChI is InChI=1S/C29H47NO5.C25H39NO5/c1-4-7-8-9-10-11-12-13-14-15-16-17-20-30-29(33)25-19-18-24(22-27(31)34-5-2)26(21-25)23-28(32)35-6-3;1-2-3-4-5-6-7-8-9-10-11-12-13-16-26-25(31)21-15-14-20(18-23(27)28)22(17-21)19-24(29)30/h18-19,21H,4-17,20,22-23H2,1-3H3,(H,30,33);14-15,17H,2-13,16,18-19H2,1H3,(H,26,31)(H,27,28)(H,29,30). The Kier molecular flexibility index (Phi) is 35.4. The summed E-state index contributed by atoms with van der Waals surface area (Å²) in [5.74, 6) is -3.25. The maximum absolute atomic E-state index is 12.6. The third-order valence-corrected chi connectivity index (χ3v) is 11.5. The van der Waals surface area contributed by atoms with Crippen molar-refractivity contribution in [2.45, 2.75) is 207 Å². The fourth-order valence-electron chi connectivity index (χ4n) is 7.81. The Balaban J connectivity index is 0.000000665. The summed E-state index contributed by atoms with van der Waals surface area (Å²) in [5, 5.41) is 23.9. The van der Waals surface area contributed by atoms with Gasteiger partial charge in [0.15, 0.2) is 0 Å². The second-order valence-corrected chi connectivity index (χ2v) is 17.4. The lowest BCUT2D eigenvalue weighted by molar-refractivity contribution is -0.143. The first-order valence-corrected chi connectivity index (χ1v) is 25.5. The third kappa shape index (κ3) is 30.5. The Hall–Kier alpha value is -4.74. The largest absolute Gasteiger partial charge is 0.481 e. The van der Waals surface area contributed by atoms with Crippen LogP contribution in [0.25, 0.3) is 0 Å². The first-order chi connectivity index (χ1) is 31.9. The van der Waals surface area contributed by atoms with Crippen molar-refractivity contribution in [1.29, 1.82) is 0 Å². The summed E-state index contributed by atoms with van der Waals surface area (Å²) < 4.78 is 10.1. The highest BCUT2D eigenvalue weighted by Crippen LogP contribution is 2.18. The number of hydrogen-bond donors (Lipinski definition) is 4. The Morgan fingerprint density at radius 2 is 0.682 bits per heavy atom. The molecule has 0 aliphatic rings. The molecule has 12 heteroatoms. The van der Waals surface area contributed by atoms with Crippen LogP contribution >= 0.6 is 0 Å². The van der Waals surface area contributed by atoms with E-state index in [9.17, 15) is 28.8 Å². The summed E-state index contributed by atoms with van der Waals surface area (Å²) in [4.78, 5) is 70.9. The number of esters is 2. The van der Waals surface area contributed by atoms with Crippen LogP contribution in [0.3, 0.4) is 0 Å². The Bertz CT molecular complexity index is 1680. The van der Waals surface area contributed by atoms with E-state index in [0.29, 0.717) is 53.1 Å². The summed E-state index contributed by atoms with van der Waals surface area (Å²) in [6, 6.07) is 9.68. The minimum atomic E-state index is -1.05. The number of carboxylic acid groups (broad SMARTS) is 2. The molecule has 66 heavy (non-hydrogen) atoms. The van der Waals surface area contributed by atoms with Gasteiger partial charge in [-0.3, -0.25) is 28.8 Å². The Morgan fingerprint density at radius 3 is 1.02 bits per heavy atom. The first-order valence-electron chi connectivity index (χ1n) is 25.5. The van der Waals surface area contributed by atoms with E-state index in [1.807, 2.05) is 0 Å². The second-order valence-electron chi connectivity index (χ2n) is 17.4. The molecule has 0 radical (unpaired) electrons. The number of nitrogens with one attached hydrogen (secondary N) is 2. The molecule has 4 N–H and O–H groups in total. The van der Waals surface area contributed by atoms with Gasteiger partial charge in [0.1, 0.15) is 0 Å². The van der Waals surface area contributed by atoms with E-state index in [2.05, 4.69) is 24.5 Å². The van der Waals surface area contributed by atoms with Gasteiger partial charge in [-0.25, -0.2) is 0 Å². The second kappa shape index (κ2) is 39.4. The van der Waals surface area contributed by atoms with E-state index in [-0.39, 0.29) is 56.0 Å². The third-order valence-electron chi connectivity index (χ3n) is 11.5. The number of carbonyl (C=O) groups excluding carboxylic acids is 4. The van der Waals surface area contributed by atoms with Crippen LogP contribution in [0.1, 0.15) is 225 Å². The molecule has 2 aromatic rings. The molecule has 0 heterocycles. The number of carbonyl (C=O) groups is 6. The lowest BCUT2D eigenvalue weighted by atomic mass is 9.98. The van der Waals surface area contributed by atoms with E-state index < -0.39 is 11.9 Å². The zero-order valence-electron chi connectivity index (χ0n) is 41.3. The number of benzene rings is 2. The molecule has 0 bridgehead atoms. The van der Waals surface area contributed by atoms with Crippen molar-refractivity contribution in [3.05, 3.63) is 69.8 Å². The fraction of sp³-hybridized carbons (Fsp3) is 0.667. The minimum absolute atomic E-state index is 0.0163. The monoisotopic (exact) mass is 923 g/mol. The number of amides is 2. The number of ether oxygens (including phenoxy) is 2. The van der Waals surface area contributed by atoms with Gasteiger partial charge in [0, 0.05) is 24.2 Å². The number of carboxylic acids is 2. The van der Waals surface area contributed by atoms with Crippen LogP contribution in [0.2, 0.25) is 0 Å². The summed E-state index contributed by atoms with van der Waals surface area (Å²) in [7, 11) is 0. The maximum Gasteiger partial charge on any atom is 0.310 e. The van der Waals surface area contributed by atoms with E-state index in [1.165, 1.54) is 141 Å². The highest BCUT2D eigenvalue weighted by Gasteiger charge is 2.17. The predicted octanol–water partition coefficient (Wildman–Crippen LogP) is 11.7. The quantitative estimate of drug-likeness (QED) is 0.0373. The van der Waals surface area contributed by atoms with Crippen LogP contribution in [-0.2, 0) is 54.3 Å². The molecule has 0 aliphatic carbocycles. The topological polar surface area (TPSA) is 185 Å². The van der Waals surface area contributed by atoms with Crippen molar-refractivity contribution in [2.24, 2.45) is 0 Å². The van der Waals surface area contributed by atoms with Crippen molar-refractivity contribution in [2.75, 3.05) is 26.3 Å². The molecule has 0 saturated heterocycles. The van der Waals surface area contributed by atoms with Gasteiger partial charge in [-0.1, -0.05) is 167 Å². The average Bonchev–Trinajstić information content (AvgIpc) is 3.28. The van der Waals surface area contributed by atoms with Gasteiger partial charge < -0.3 is 30.3 Å². The fourth-order valence-corrected chi connectivity index (χ4v) is 7.81. The van der Waals surface area contributed by atoms with Gasteiger partial charge in [-0.2, -0.15) is 0 Å². The summed E-state index contributed by atoms with van der Waals surface area (Å²) in [5.41, 5.74) is 2.93. The molecule has 2 rings (SSSR count). The molecule has 2 amide bonds. The molecule has 372 valence electrons. The number of hydrogen-bond acceptors (Lipinski definition) is 8. The molecular formula is C54H86N2O10. The van der Waals surface area contributed by atoms with Crippen molar-refractivity contribution in [3.8, 4) is 0 Å². The normalized spacial score (nSPS) is 10.7. The van der Waals surface area contributed by atoms with Crippen molar-refractivity contribution >= 4 is 35.7 Å². The highest BCUT2D eigenvalue weighted by molar-refractivity contribution is 5.95. The Morgan fingerprint density at radius 1 is 0.394 bits per heavy atom. The molecule has 0 unspecified atom stereocenters. The van der Waals surface area contributed by atoms with E-state index in [0.717, 1.165) is 25.7 Å². The number of aliphatic carboxylic acids is 2. The average molecular weight is 923 g/mol. The smallest absolute Gasteiger partial charge is 0.310 e. The molecule has 0 saturated carbocycles. The number of rotatable bonds is 38. The Labute approximate surface area is 397 Å². The van der Waals surface area contributed by atoms with E-state index >= 15 is 0 Å². The van der Waals surface area contributed by atoms with Crippen molar-refractivity contribution < 1.29 is 48.5 Å². The predicted molar refractivity (Wildman–Crippen MR) is 263 cm³/mol. The van der Waals surface area contributed by atoms with Crippen molar-refractivity contribution in [3.63, 3.8) is 0 Å². The van der Waals surface area contributed by atoms with Crippen molar-refractivity contribution in [1.82, 2.24) is 10.6 Å². The van der Waals surface area contributed by atoms with Crippen LogP contribution in [0.5, 0.6) is 0 Å². The van der Waals surface area contributed by atoms with Crippen LogP contribution < -0.4 is 10.6 Å². The molecule has 0 fully saturated rings. The molecule has 0 atom stereocenters. The summed E-state index contributed by atoms with van der Waals surface area (Å²) in [6.07, 6.45) is 30.0. The molecule has 0 aromatic heterocycles. The SMILES string of the molecule is CCCCCCCCCCCCCCNC(=O)c1ccc(CC(=O)O)c(CC(=O)O)c1.CCCCCCCCCCCCCCNC(=O)c1ccc(CC(=O)OCC)c(CC(=O)OCC)c1. The summed E-state index contributed by atoms with van der Waals surface area (Å²) >= 11 is 0. The minimum Gasteiger partial charge on any atom is -0.481 e. The van der Waals surface area contributed by atoms with E-state index in [1.54, 1.807) is 38.1 Å². The van der Waals surface area contributed by atoms with Gasteiger partial charge in [0.05, 0.1) is 38.9 Å². The van der Waals surface area contributed by atoms with Gasteiger partial charge in [0.25, 0.3) is 11.8 Å². The lowest BCUT2D eigenvalue weighted by Crippen LogP contribution is -2.25. The van der Waals surface area contributed by atoms with Gasteiger partial charge >= 0.3 is 23.9 Å². The lowest BCUT2D eigenvalue weighted by Gasteiger charge is -2.12. The zero-order chi connectivity index (χ0) is 48.6. The molecule has 2 aromatic carbocycles. The van der Waals surface area contributed by atoms with Gasteiger partial charge in [-0.05, 0) is 73.2 Å².